The molecule has 0 saturated heterocycles. The summed E-state index contributed by atoms with van der Waals surface area (Å²) < 4.78 is 2.00. The molecule has 0 amide bonds. The summed E-state index contributed by atoms with van der Waals surface area (Å²) in [4.78, 5) is 4.26. The van der Waals surface area contributed by atoms with Crippen molar-refractivity contribution in [3.8, 4) is 0 Å². The minimum absolute atomic E-state index is 0.0964. The average Bonchev–Trinajstić information content (AvgIpc) is 3.03. The minimum atomic E-state index is 0.0964. The third kappa shape index (κ3) is 2.60. The van der Waals surface area contributed by atoms with E-state index < -0.39 is 0 Å². The summed E-state index contributed by atoms with van der Waals surface area (Å²) in [5.74, 6) is 1.10. The van der Waals surface area contributed by atoms with Crippen LogP contribution in [0.25, 0.3) is 0 Å². The normalized spacial score (nSPS) is 19.1. The molecular weight excluding hydrogens is 252 g/mol. The standard InChI is InChI=1S/C14H22N6/c1-14(2,3)13-10(7-17-19-13)6-15-11-4-5-12-16-9-18-20(12)8-11/h7,9,11,15H,4-6,8H2,1-3H3,(H,17,19)/t11-/m0/s1. The monoisotopic (exact) mass is 274 g/mol. The van der Waals surface area contributed by atoms with E-state index in [-0.39, 0.29) is 5.41 Å². The van der Waals surface area contributed by atoms with E-state index in [1.54, 1.807) is 6.33 Å². The Balaban J connectivity index is 1.63. The molecule has 0 aliphatic carbocycles. The first-order valence-corrected chi connectivity index (χ1v) is 7.17. The van der Waals surface area contributed by atoms with Gasteiger partial charge < -0.3 is 5.32 Å². The van der Waals surface area contributed by atoms with Crippen LogP contribution in [-0.2, 0) is 24.9 Å². The molecule has 0 aromatic carbocycles. The minimum Gasteiger partial charge on any atom is -0.308 e. The van der Waals surface area contributed by atoms with Gasteiger partial charge in [0.2, 0.25) is 0 Å². The van der Waals surface area contributed by atoms with Gasteiger partial charge in [0.1, 0.15) is 12.2 Å². The van der Waals surface area contributed by atoms with Gasteiger partial charge in [-0.25, -0.2) is 9.67 Å². The van der Waals surface area contributed by atoms with Crippen molar-refractivity contribution in [2.75, 3.05) is 0 Å². The predicted molar refractivity (Wildman–Crippen MR) is 76.3 cm³/mol. The molecule has 6 heteroatoms. The van der Waals surface area contributed by atoms with E-state index in [0.29, 0.717) is 6.04 Å². The third-order valence-corrected chi connectivity index (χ3v) is 3.85. The van der Waals surface area contributed by atoms with Gasteiger partial charge in [0.15, 0.2) is 0 Å². The first-order chi connectivity index (χ1) is 9.54. The molecule has 1 aliphatic rings. The number of hydrogen-bond donors (Lipinski definition) is 2. The van der Waals surface area contributed by atoms with Crippen LogP contribution < -0.4 is 5.32 Å². The Morgan fingerprint density at radius 3 is 3.10 bits per heavy atom. The van der Waals surface area contributed by atoms with Crippen molar-refractivity contribution in [2.24, 2.45) is 0 Å². The molecule has 6 nitrogen and oxygen atoms in total. The van der Waals surface area contributed by atoms with Crippen LogP contribution in [0.5, 0.6) is 0 Å². The van der Waals surface area contributed by atoms with Crippen LogP contribution in [0.2, 0.25) is 0 Å². The van der Waals surface area contributed by atoms with E-state index in [1.807, 2.05) is 10.9 Å². The van der Waals surface area contributed by atoms with Crippen LogP contribution in [0.1, 0.15) is 44.3 Å². The average molecular weight is 274 g/mol. The Morgan fingerprint density at radius 1 is 1.45 bits per heavy atom. The molecule has 0 saturated carbocycles. The van der Waals surface area contributed by atoms with Gasteiger partial charge in [-0.15, -0.1) is 0 Å². The molecule has 2 aromatic rings. The summed E-state index contributed by atoms with van der Waals surface area (Å²) in [6, 6.07) is 0.451. The number of hydrogen-bond acceptors (Lipinski definition) is 4. The number of nitrogens with one attached hydrogen (secondary N) is 2. The number of aromatic nitrogens is 5. The second kappa shape index (κ2) is 5.01. The van der Waals surface area contributed by atoms with Gasteiger partial charge in [-0.05, 0) is 6.42 Å². The zero-order valence-corrected chi connectivity index (χ0v) is 12.3. The number of nitrogens with zero attached hydrogens (tertiary/aromatic N) is 4. The first-order valence-electron chi connectivity index (χ1n) is 7.17. The van der Waals surface area contributed by atoms with Crippen LogP contribution in [0.3, 0.4) is 0 Å². The van der Waals surface area contributed by atoms with Gasteiger partial charge in [0.25, 0.3) is 0 Å². The summed E-state index contributed by atoms with van der Waals surface area (Å²) in [6.07, 6.45) is 5.68. The summed E-state index contributed by atoms with van der Waals surface area (Å²) in [7, 11) is 0. The van der Waals surface area contributed by atoms with Crippen LogP contribution in [0.15, 0.2) is 12.5 Å². The lowest BCUT2D eigenvalue weighted by molar-refractivity contribution is 0.357. The quantitative estimate of drug-likeness (QED) is 0.887. The molecule has 0 fully saturated rings. The summed E-state index contributed by atoms with van der Waals surface area (Å²) in [5, 5.41) is 15.2. The van der Waals surface area contributed by atoms with Crippen LogP contribution in [0.4, 0.5) is 0 Å². The van der Waals surface area contributed by atoms with Crippen molar-refractivity contribution in [2.45, 2.75) is 58.2 Å². The molecule has 3 rings (SSSR count). The molecule has 1 aliphatic heterocycles. The fourth-order valence-electron chi connectivity index (χ4n) is 2.75. The number of aromatic amines is 1. The third-order valence-electron chi connectivity index (χ3n) is 3.85. The highest BCUT2D eigenvalue weighted by Gasteiger charge is 2.22. The van der Waals surface area contributed by atoms with Crippen LogP contribution in [-0.4, -0.2) is 31.0 Å². The van der Waals surface area contributed by atoms with Gasteiger partial charge in [0, 0.05) is 35.7 Å². The van der Waals surface area contributed by atoms with Gasteiger partial charge in [-0.2, -0.15) is 10.2 Å². The highest BCUT2D eigenvalue weighted by atomic mass is 15.3. The Morgan fingerprint density at radius 2 is 2.30 bits per heavy atom. The number of aryl methyl sites for hydroxylation is 1. The second-order valence-corrected chi connectivity index (χ2v) is 6.50. The Labute approximate surface area is 119 Å². The van der Waals surface area contributed by atoms with E-state index in [4.69, 9.17) is 0 Å². The summed E-state index contributed by atoms with van der Waals surface area (Å²) in [5.41, 5.74) is 2.56. The zero-order chi connectivity index (χ0) is 14.2. The molecular formula is C14H22N6. The predicted octanol–water partition coefficient (Wildman–Crippen LogP) is 1.40. The molecule has 1 atom stereocenters. The maximum absolute atomic E-state index is 4.26. The lowest BCUT2D eigenvalue weighted by Gasteiger charge is -2.24. The highest BCUT2D eigenvalue weighted by molar-refractivity contribution is 5.23. The SMILES string of the molecule is CC(C)(C)c1[nH]ncc1CN[C@H]1CCc2ncnn2C1. The molecule has 0 spiro atoms. The van der Waals surface area contributed by atoms with Crippen molar-refractivity contribution in [3.05, 3.63) is 29.6 Å². The summed E-state index contributed by atoms with van der Waals surface area (Å²) >= 11 is 0. The first kappa shape index (κ1) is 13.3. The van der Waals surface area contributed by atoms with Gasteiger partial charge in [0.05, 0.1) is 12.7 Å². The Hall–Kier alpha value is -1.69. The molecule has 2 N–H and O–H groups in total. The number of rotatable bonds is 3. The molecule has 0 unspecified atom stereocenters. The maximum atomic E-state index is 4.26. The lowest BCUT2D eigenvalue weighted by atomic mass is 9.89. The van der Waals surface area contributed by atoms with Gasteiger partial charge in [-0.3, -0.25) is 5.10 Å². The fourth-order valence-corrected chi connectivity index (χ4v) is 2.75. The van der Waals surface area contributed by atoms with Gasteiger partial charge >= 0.3 is 0 Å². The van der Waals surface area contributed by atoms with Crippen molar-refractivity contribution in [1.29, 1.82) is 0 Å². The van der Waals surface area contributed by atoms with Crippen LogP contribution >= 0.6 is 0 Å². The molecule has 20 heavy (non-hydrogen) atoms. The molecule has 0 radical (unpaired) electrons. The molecule has 108 valence electrons. The lowest BCUT2D eigenvalue weighted by Crippen LogP contribution is -2.37. The Kier molecular flexibility index (Phi) is 3.33. The smallest absolute Gasteiger partial charge is 0.138 e. The summed E-state index contributed by atoms with van der Waals surface area (Å²) in [6.45, 7) is 8.35. The van der Waals surface area contributed by atoms with Crippen molar-refractivity contribution >= 4 is 0 Å². The van der Waals surface area contributed by atoms with E-state index in [1.165, 1.54) is 11.3 Å². The topological polar surface area (TPSA) is 71.4 Å². The van der Waals surface area contributed by atoms with E-state index >= 15 is 0 Å². The maximum Gasteiger partial charge on any atom is 0.138 e. The number of fused-ring (bicyclic) bond motifs is 1. The zero-order valence-electron chi connectivity index (χ0n) is 12.3. The van der Waals surface area contributed by atoms with Crippen LogP contribution in [0, 0.1) is 0 Å². The molecule has 3 heterocycles. The van der Waals surface area contributed by atoms with Gasteiger partial charge in [-0.1, -0.05) is 20.8 Å². The van der Waals surface area contributed by atoms with E-state index in [0.717, 1.165) is 31.8 Å². The fraction of sp³-hybridized carbons (Fsp3) is 0.643. The largest absolute Gasteiger partial charge is 0.308 e. The van der Waals surface area contributed by atoms with E-state index in [9.17, 15) is 0 Å². The molecule has 0 bridgehead atoms. The number of H-pyrrole nitrogens is 1. The Bertz CT molecular complexity index is 576. The van der Waals surface area contributed by atoms with Crippen molar-refractivity contribution in [3.63, 3.8) is 0 Å². The van der Waals surface area contributed by atoms with Crippen molar-refractivity contribution < 1.29 is 0 Å². The van der Waals surface area contributed by atoms with Crippen molar-refractivity contribution in [1.82, 2.24) is 30.3 Å². The highest BCUT2D eigenvalue weighted by Crippen LogP contribution is 2.23. The van der Waals surface area contributed by atoms with E-state index in [2.05, 4.69) is 46.4 Å². The molecule has 2 aromatic heterocycles. The second-order valence-electron chi connectivity index (χ2n) is 6.50.